The highest BCUT2D eigenvalue weighted by Crippen LogP contribution is 2.32. The van der Waals surface area contributed by atoms with Crippen LogP contribution in [0.5, 0.6) is 0 Å². The van der Waals surface area contributed by atoms with Gasteiger partial charge in [0.2, 0.25) is 0 Å². The van der Waals surface area contributed by atoms with E-state index >= 15 is 0 Å². The van der Waals surface area contributed by atoms with E-state index in [1.54, 1.807) is 0 Å². The van der Waals surface area contributed by atoms with Crippen LogP contribution in [0.2, 0.25) is 0 Å². The third kappa shape index (κ3) is 2.58. The first-order valence-electron chi connectivity index (χ1n) is 9.55. The Labute approximate surface area is 164 Å². The van der Waals surface area contributed by atoms with E-state index in [1.807, 2.05) is 12.3 Å². The number of hydrogen-bond acceptors (Lipinski definition) is 3. The van der Waals surface area contributed by atoms with E-state index < -0.39 is 0 Å². The average molecular weight is 369 g/mol. The SMILES string of the molecule is CC1(C)C2=N/C(=C\c3ccc([nH]3)C(C)(C)C3=N/C(=C\c4ccc1[nH]4)N=C3)C=C2. The minimum absolute atomic E-state index is 0.226. The lowest BCUT2D eigenvalue weighted by Crippen LogP contribution is -2.29. The summed E-state index contributed by atoms with van der Waals surface area (Å²) < 4.78 is 0. The Bertz CT molecular complexity index is 1060. The molecule has 5 heterocycles. The van der Waals surface area contributed by atoms with Gasteiger partial charge in [0.05, 0.1) is 23.3 Å². The van der Waals surface area contributed by atoms with E-state index in [4.69, 9.17) is 9.98 Å². The molecule has 0 aliphatic carbocycles. The summed E-state index contributed by atoms with van der Waals surface area (Å²) in [5.41, 5.74) is 6.69. The van der Waals surface area contributed by atoms with Crippen LogP contribution in [0.25, 0.3) is 12.2 Å². The topological polar surface area (TPSA) is 68.7 Å². The largest absolute Gasteiger partial charge is 0.358 e. The standard InChI is InChI=1S/C23H23N5/c1-22(2)17-8-5-14(25-17)11-15-6-9-19(26-15)23(3,4)20-13-24-21(28-20)12-16-7-10-18(22)27-16/h5-13,26-27H,1-4H3/b14-11-,21-12-. The highest BCUT2D eigenvalue weighted by molar-refractivity contribution is 6.36. The fourth-order valence-corrected chi connectivity index (χ4v) is 3.78. The molecule has 0 spiro atoms. The van der Waals surface area contributed by atoms with E-state index in [9.17, 15) is 0 Å². The minimum atomic E-state index is -0.268. The lowest BCUT2D eigenvalue weighted by Gasteiger charge is -2.22. The van der Waals surface area contributed by atoms with Crippen molar-refractivity contribution in [1.82, 2.24) is 9.97 Å². The van der Waals surface area contributed by atoms with Crippen LogP contribution < -0.4 is 0 Å². The highest BCUT2D eigenvalue weighted by Gasteiger charge is 2.31. The summed E-state index contributed by atoms with van der Waals surface area (Å²) in [6.07, 6.45) is 10.1. The van der Waals surface area contributed by atoms with Crippen LogP contribution in [0.15, 0.2) is 62.9 Å². The molecular formula is C23H23N5. The number of aromatic amines is 2. The highest BCUT2D eigenvalue weighted by atomic mass is 15.0. The molecule has 5 nitrogen and oxygen atoms in total. The normalized spacial score (nSPS) is 25.0. The molecule has 5 heteroatoms. The maximum atomic E-state index is 4.88. The zero-order valence-corrected chi connectivity index (χ0v) is 16.5. The van der Waals surface area contributed by atoms with E-state index in [0.717, 1.165) is 39.9 Å². The van der Waals surface area contributed by atoms with Gasteiger partial charge < -0.3 is 9.97 Å². The second-order valence-corrected chi connectivity index (χ2v) is 8.56. The van der Waals surface area contributed by atoms with E-state index in [2.05, 4.69) is 85.1 Å². The molecule has 140 valence electrons. The molecule has 3 aliphatic heterocycles. The summed E-state index contributed by atoms with van der Waals surface area (Å²) >= 11 is 0. The molecule has 3 aliphatic rings. The number of hydrogen-bond donors (Lipinski definition) is 2. The van der Waals surface area contributed by atoms with Crippen LogP contribution in [-0.2, 0) is 10.8 Å². The molecule has 28 heavy (non-hydrogen) atoms. The first-order chi connectivity index (χ1) is 13.3. The Balaban J connectivity index is 1.70. The molecule has 5 rings (SSSR count). The summed E-state index contributed by atoms with van der Waals surface area (Å²) in [5.74, 6) is 0.716. The fourth-order valence-electron chi connectivity index (χ4n) is 3.78. The van der Waals surface area contributed by atoms with Gasteiger partial charge in [0.15, 0.2) is 5.82 Å². The van der Waals surface area contributed by atoms with Gasteiger partial charge in [-0.3, -0.25) is 4.99 Å². The van der Waals surface area contributed by atoms with Gasteiger partial charge in [0, 0.05) is 39.7 Å². The van der Waals surface area contributed by atoms with Gasteiger partial charge in [-0.15, -0.1) is 0 Å². The molecule has 2 aromatic rings. The van der Waals surface area contributed by atoms with E-state index in [-0.39, 0.29) is 10.8 Å². The van der Waals surface area contributed by atoms with Gasteiger partial charge in [-0.05, 0) is 70.2 Å². The number of H-pyrrole nitrogens is 2. The van der Waals surface area contributed by atoms with Gasteiger partial charge >= 0.3 is 0 Å². The third-order valence-corrected chi connectivity index (χ3v) is 5.85. The maximum absolute atomic E-state index is 4.88. The summed E-state index contributed by atoms with van der Waals surface area (Å²) in [7, 11) is 0. The van der Waals surface area contributed by atoms with Crippen molar-refractivity contribution in [1.29, 1.82) is 0 Å². The van der Waals surface area contributed by atoms with Crippen molar-refractivity contribution in [2.24, 2.45) is 15.0 Å². The molecule has 0 unspecified atom stereocenters. The predicted molar refractivity (Wildman–Crippen MR) is 116 cm³/mol. The van der Waals surface area contributed by atoms with E-state index in [1.165, 1.54) is 0 Å². The zero-order chi connectivity index (χ0) is 19.5. The van der Waals surface area contributed by atoms with Crippen molar-refractivity contribution < 1.29 is 0 Å². The number of fused-ring (bicyclic) bond motifs is 6. The summed E-state index contributed by atoms with van der Waals surface area (Å²) in [4.78, 5) is 21.2. The van der Waals surface area contributed by atoms with E-state index in [0.29, 0.717) is 5.82 Å². The van der Waals surface area contributed by atoms with Crippen LogP contribution in [0, 0.1) is 0 Å². The number of rotatable bonds is 0. The van der Waals surface area contributed by atoms with Crippen molar-refractivity contribution in [2.75, 3.05) is 0 Å². The van der Waals surface area contributed by atoms with Crippen molar-refractivity contribution >= 4 is 29.8 Å². The Morgan fingerprint density at radius 3 is 2.07 bits per heavy atom. The molecule has 0 saturated carbocycles. The predicted octanol–water partition coefficient (Wildman–Crippen LogP) is 4.79. The molecule has 0 aromatic carbocycles. The second kappa shape index (κ2) is 5.64. The quantitative estimate of drug-likeness (QED) is 0.671. The first kappa shape index (κ1) is 16.9. The van der Waals surface area contributed by atoms with Crippen molar-refractivity contribution in [3.8, 4) is 0 Å². The number of nitrogens with zero attached hydrogens (tertiary/aromatic N) is 3. The molecule has 2 aromatic heterocycles. The third-order valence-electron chi connectivity index (χ3n) is 5.85. The van der Waals surface area contributed by atoms with Crippen LogP contribution in [0.4, 0.5) is 0 Å². The Hall–Kier alpha value is -3.21. The van der Waals surface area contributed by atoms with Gasteiger partial charge in [-0.1, -0.05) is 0 Å². The van der Waals surface area contributed by atoms with Gasteiger partial charge in [0.25, 0.3) is 0 Å². The second-order valence-electron chi connectivity index (χ2n) is 8.56. The summed E-state index contributed by atoms with van der Waals surface area (Å²) in [6.45, 7) is 8.69. The Kier molecular flexibility index (Phi) is 3.41. The summed E-state index contributed by atoms with van der Waals surface area (Å²) in [5, 5.41) is 0. The lowest BCUT2D eigenvalue weighted by atomic mass is 9.84. The summed E-state index contributed by atoms with van der Waals surface area (Å²) in [6, 6.07) is 8.40. The molecule has 0 atom stereocenters. The molecule has 2 N–H and O–H groups in total. The number of aliphatic imine (C=N–C) groups is 3. The first-order valence-corrected chi connectivity index (χ1v) is 9.55. The molecular weight excluding hydrogens is 346 g/mol. The number of allylic oxidation sites excluding steroid dienone is 2. The van der Waals surface area contributed by atoms with Gasteiger partial charge in [-0.25, -0.2) is 9.98 Å². The van der Waals surface area contributed by atoms with Crippen LogP contribution >= 0.6 is 0 Å². The monoisotopic (exact) mass is 369 g/mol. The smallest absolute Gasteiger partial charge is 0.154 e. The minimum Gasteiger partial charge on any atom is -0.358 e. The lowest BCUT2D eigenvalue weighted by molar-refractivity contribution is 0.697. The Morgan fingerprint density at radius 1 is 0.714 bits per heavy atom. The van der Waals surface area contributed by atoms with Crippen molar-refractivity contribution in [2.45, 2.75) is 38.5 Å². The molecule has 0 fully saturated rings. The van der Waals surface area contributed by atoms with Crippen LogP contribution in [0.3, 0.4) is 0 Å². The molecule has 0 saturated heterocycles. The maximum Gasteiger partial charge on any atom is 0.154 e. The zero-order valence-electron chi connectivity index (χ0n) is 16.5. The van der Waals surface area contributed by atoms with Crippen molar-refractivity contribution in [3.63, 3.8) is 0 Å². The fraction of sp³-hybridized carbons (Fsp3) is 0.261. The molecule has 0 radical (unpaired) electrons. The molecule has 0 amide bonds. The van der Waals surface area contributed by atoms with Crippen LogP contribution in [-0.4, -0.2) is 27.6 Å². The van der Waals surface area contributed by atoms with Crippen molar-refractivity contribution in [3.05, 3.63) is 70.7 Å². The number of aromatic nitrogens is 2. The Morgan fingerprint density at radius 2 is 1.36 bits per heavy atom. The average Bonchev–Trinajstić information content (AvgIpc) is 3.42. The van der Waals surface area contributed by atoms with Gasteiger partial charge in [0.1, 0.15) is 0 Å². The molecule has 8 bridgehead atoms. The van der Waals surface area contributed by atoms with Gasteiger partial charge in [-0.2, -0.15) is 0 Å². The van der Waals surface area contributed by atoms with Crippen LogP contribution in [0.1, 0.15) is 50.5 Å². The number of nitrogens with one attached hydrogen (secondary N) is 2.